The Morgan fingerprint density at radius 1 is 1.27 bits per heavy atom. The zero-order valence-corrected chi connectivity index (χ0v) is 15.2. The standard InChI is InChI=1S/C19H25FN6/c1-21-19(22-8-3-4-14-11-25-26(2)13-14)23-9-7-15-12-24-18-6-5-16(20)10-17(15)18/h5-6,10-13,24H,3-4,7-9H2,1-2H3,(H2,21,22,23). The first-order valence-corrected chi connectivity index (χ1v) is 8.83. The van der Waals surface area contributed by atoms with Gasteiger partial charge in [0.1, 0.15) is 5.82 Å². The zero-order chi connectivity index (χ0) is 18.4. The lowest BCUT2D eigenvalue weighted by molar-refractivity contribution is 0.629. The Balaban J connectivity index is 1.41. The molecule has 2 aromatic heterocycles. The third-order valence-electron chi connectivity index (χ3n) is 4.33. The molecule has 3 N–H and O–H groups in total. The molecular formula is C19H25FN6. The average Bonchev–Trinajstić information content (AvgIpc) is 3.23. The van der Waals surface area contributed by atoms with Gasteiger partial charge in [0.05, 0.1) is 6.20 Å². The van der Waals surface area contributed by atoms with E-state index in [1.807, 2.05) is 30.3 Å². The van der Waals surface area contributed by atoms with E-state index in [2.05, 4.69) is 25.7 Å². The molecule has 0 spiro atoms. The number of hydrogen-bond acceptors (Lipinski definition) is 2. The number of nitrogens with zero attached hydrogens (tertiary/aromatic N) is 3. The molecule has 138 valence electrons. The van der Waals surface area contributed by atoms with Crippen molar-refractivity contribution in [3.8, 4) is 0 Å². The fraction of sp³-hybridized carbons (Fsp3) is 0.368. The SMILES string of the molecule is CN=C(NCCCc1cnn(C)c1)NCCc1c[nH]c2ccc(F)cc12. The van der Waals surface area contributed by atoms with Crippen molar-refractivity contribution in [2.45, 2.75) is 19.3 Å². The number of benzene rings is 1. The number of H-pyrrole nitrogens is 1. The minimum absolute atomic E-state index is 0.211. The second-order valence-corrected chi connectivity index (χ2v) is 6.31. The Labute approximate surface area is 152 Å². The number of aryl methyl sites for hydroxylation is 2. The van der Waals surface area contributed by atoms with E-state index in [9.17, 15) is 4.39 Å². The van der Waals surface area contributed by atoms with Gasteiger partial charge in [0.2, 0.25) is 0 Å². The average molecular weight is 356 g/mol. The van der Waals surface area contributed by atoms with Crippen molar-refractivity contribution in [2.75, 3.05) is 20.1 Å². The van der Waals surface area contributed by atoms with E-state index in [0.717, 1.165) is 54.8 Å². The number of fused-ring (bicyclic) bond motifs is 1. The van der Waals surface area contributed by atoms with Gasteiger partial charge in [-0.15, -0.1) is 0 Å². The number of rotatable bonds is 7. The molecule has 6 nitrogen and oxygen atoms in total. The number of hydrogen-bond donors (Lipinski definition) is 3. The van der Waals surface area contributed by atoms with E-state index in [1.54, 1.807) is 19.2 Å². The summed E-state index contributed by atoms with van der Waals surface area (Å²) in [5.74, 6) is 0.569. The molecule has 0 atom stereocenters. The molecule has 0 aliphatic heterocycles. The van der Waals surface area contributed by atoms with Crippen molar-refractivity contribution >= 4 is 16.9 Å². The van der Waals surface area contributed by atoms with Gasteiger partial charge in [-0.3, -0.25) is 9.67 Å². The molecule has 0 bridgehead atoms. The van der Waals surface area contributed by atoms with Gasteiger partial charge in [-0.05, 0) is 48.6 Å². The summed E-state index contributed by atoms with van der Waals surface area (Å²) in [5, 5.41) is 11.7. The van der Waals surface area contributed by atoms with Gasteiger partial charge in [0.25, 0.3) is 0 Å². The molecule has 3 rings (SSSR count). The second-order valence-electron chi connectivity index (χ2n) is 6.31. The fourth-order valence-electron chi connectivity index (χ4n) is 2.99. The van der Waals surface area contributed by atoms with Crippen LogP contribution in [-0.4, -0.2) is 40.9 Å². The maximum absolute atomic E-state index is 13.4. The lowest BCUT2D eigenvalue weighted by Crippen LogP contribution is -2.38. The molecule has 26 heavy (non-hydrogen) atoms. The van der Waals surface area contributed by atoms with Crippen molar-refractivity contribution in [3.63, 3.8) is 0 Å². The van der Waals surface area contributed by atoms with Crippen LogP contribution in [0.25, 0.3) is 10.9 Å². The molecule has 0 unspecified atom stereocenters. The Kier molecular flexibility index (Phi) is 5.88. The first-order valence-electron chi connectivity index (χ1n) is 8.83. The molecule has 1 aromatic carbocycles. The van der Waals surface area contributed by atoms with Gasteiger partial charge < -0.3 is 15.6 Å². The molecule has 0 saturated carbocycles. The Bertz CT molecular complexity index is 879. The summed E-state index contributed by atoms with van der Waals surface area (Å²) in [4.78, 5) is 7.42. The monoisotopic (exact) mass is 356 g/mol. The van der Waals surface area contributed by atoms with Gasteiger partial charge in [-0.25, -0.2) is 4.39 Å². The molecule has 3 aromatic rings. The Morgan fingerprint density at radius 2 is 2.12 bits per heavy atom. The van der Waals surface area contributed by atoms with Crippen LogP contribution in [0.3, 0.4) is 0 Å². The molecule has 0 aliphatic rings. The summed E-state index contributed by atoms with van der Waals surface area (Å²) < 4.78 is 15.3. The Morgan fingerprint density at radius 3 is 2.88 bits per heavy atom. The van der Waals surface area contributed by atoms with Crippen molar-refractivity contribution in [1.82, 2.24) is 25.4 Å². The summed E-state index contributed by atoms with van der Waals surface area (Å²) in [6.45, 7) is 1.57. The van der Waals surface area contributed by atoms with Gasteiger partial charge in [0.15, 0.2) is 5.96 Å². The van der Waals surface area contributed by atoms with Crippen LogP contribution in [0.1, 0.15) is 17.5 Å². The number of aliphatic imine (C=N–C) groups is 1. The molecule has 0 radical (unpaired) electrons. The van der Waals surface area contributed by atoms with E-state index >= 15 is 0 Å². The van der Waals surface area contributed by atoms with Crippen molar-refractivity contribution in [3.05, 3.63) is 53.7 Å². The summed E-state index contributed by atoms with van der Waals surface area (Å²) >= 11 is 0. The minimum atomic E-state index is -0.211. The number of aromatic amines is 1. The van der Waals surface area contributed by atoms with Crippen molar-refractivity contribution in [2.24, 2.45) is 12.0 Å². The van der Waals surface area contributed by atoms with Crippen LogP contribution < -0.4 is 10.6 Å². The highest BCUT2D eigenvalue weighted by atomic mass is 19.1. The van der Waals surface area contributed by atoms with E-state index < -0.39 is 0 Å². The number of nitrogens with one attached hydrogen (secondary N) is 3. The molecule has 0 saturated heterocycles. The van der Waals surface area contributed by atoms with E-state index in [1.165, 1.54) is 11.6 Å². The molecule has 0 amide bonds. The van der Waals surface area contributed by atoms with Crippen LogP contribution in [0.15, 0.2) is 41.8 Å². The van der Waals surface area contributed by atoms with E-state index in [-0.39, 0.29) is 5.82 Å². The van der Waals surface area contributed by atoms with E-state index in [4.69, 9.17) is 0 Å². The summed E-state index contributed by atoms with van der Waals surface area (Å²) in [7, 11) is 3.69. The molecule has 2 heterocycles. The highest BCUT2D eigenvalue weighted by Crippen LogP contribution is 2.19. The highest BCUT2D eigenvalue weighted by Gasteiger charge is 2.05. The van der Waals surface area contributed by atoms with Crippen LogP contribution in [0.5, 0.6) is 0 Å². The molecular weight excluding hydrogens is 331 g/mol. The quantitative estimate of drug-likeness (QED) is 0.346. The predicted octanol–water partition coefficient (Wildman–Crippen LogP) is 2.38. The summed E-state index contributed by atoms with van der Waals surface area (Å²) in [6, 6.07) is 4.81. The third kappa shape index (κ3) is 4.62. The van der Waals surface area contributed by atoms with E-state index in [0.29, 0.717) is 0 Å². The predicted molar refractivity (Wildman–Crippen MR) is 103 cm³/mol. The number of aromatic nitrogens is 3. The number of halogens is 1. The van der Waals surface area contributed by atoms with Crippen LogP contribution in [0.2, 0.25) is 0 Å². The first kappa shape index (κ1) is 18.0. The summed E-state index contributed by atoms with van der Waals surface area (Å²) in [5.41, 5.74) is 3.29. The topological polar surface area (TPSA) is 70.0 Å². The maximum atomic E-state index is 13.4. The smallest absolute Gasteiger partial charge is 0.190 e. The van der Waals surface area contributed by atoms with Gasteiger partial charge in [-0.2, -0.15) is 5.10 Å². The second kappa shape index (κ2) is 8.51. The van der Waals surface area contributed by atoms with Crippen LogP contribution in [-0.2, 0) is 19.9 Å². The molecule has 0 aliphatic carbocycles. The maximum Gasteiger partial charge on any atom is 0.190 e. The first-order chi connectivity index (χ1) is 12.7. The zero-order valence-electron chi connectivity index (χ0n) is 15.2. The summed E-state index contributed by atoms with van der Waals surface area (Å²) in [6.07, 6.45) is 8.66. The van der Waals surface area contributed by atoms with Gasteiger partial charge in [-0.1, -0.05) is 0 Å². The Hall–Kier alpha value is -2.83. The number of guanidine groups is 1. The largest absolute Gasteiger partial charge is 0.361 e. The van der Waals surface area contributed by atoms with Crippen LogP contribution in [0.4, 0.5) is 4.39 Å². The lowest BCUT2D eigenvalue weighted by Gasteiger charge is -2.11. The normalized spacial score (nSPS) is 11.9. The highest BCUT2D eigenvalue weighted by molar-refractivity contribution is 5.83. The van der Waals surface area contributed by atoms with Crippen LogP contribution >= 0.6 is 0 Å². The molecule has 7 heteroatoms. The minimum Gasteiger partial charge on any atom is -0.361 e. The molecule has 0 fully saturated rings. The van der Waals surface area contributed by atoms with Crippen molar-refractivity contribution < 1.29 is 4.39 Å². The van der Waals surface area contributed by atoms with Crippen LogP contribution in [0, 0.1) is 5.82 Å². The fourth-order valence-corrected chi connectivity index (χ4v) is 2.99. The van der Waals surface area contributed by atoms with Crippen molar-refractivity contribution in [1.29, 1.82) is 0 Å². The lowest BCUT2D eigenvalue weighted by atomic mass is 10.1. The van der Waals surface area contributed by atoms with Gasteiger partial charge >= 0.3 is 0 Å². The third-order valence-corrected chi connectivity index (χ3v) is 4.33. The van der Waals surface area contributed by atoms with Gasteiger partial charge in [0, 0.05) is 50.5 Å².